The van der Waals surface area contributed by atoms with Crippen molar-refractivity contribution in [2.75, 3.05) is 0 Å². The number of hydrogen-bond donors (Lipinski definition) is 2. The molecule has 0 bridgehead atoms. The molecule has 4 heteroatoms. The molecule has 0 heterocycles. The highest BCUT2D eigenvalue weighted by molar-refractivity contribution is 6.30. The number of halogens is 1. The molecule has 0 spiro atoms. The van der Waals surface area contributed by atoms with Gasteiger partial charge in [0.15, 0.2) is 0 Å². The summed E-state index contributed by atoms with van der Waals surface area (Å²) in [4.78, 5) is 12.0. The van der Waals surface area contributed by atoms with E-state index in [2.05, 4.69) is 5.32 Å². The molecule has 2 aliphatic rings. The third kappa shape index (κ3) is 2.37. The standard InChI is InChI=1S/C15H19ClN2O/c16-12-6-5-10-8-15(14(17)19,9-11(10)7-12)18-13-3-1-2-4-13/h5-7,13,18H,1-4,8-9H2,(H2,17,19). The van der Waals surface area contributed by atoms with Gasteiger partial charge in [-0.1, -0.05) is 30.5 Å². The summed E-state index contributed by atoms with van der Waals surface area (Å²) in [5.41, 5.74) is 7.42. The number of nitrogens with two attached hydrogens (primary N) is 1. The Morgan fingerprint density at radius 2 is 1.95 bits per heavy atom. The summed E-state index contributed by atoms with van der Waals surface area (Å²) in [5, 5.41) is 4.26. The second kappa shape index (κ2) is 4.80. The first-order valence-corrected chi connectivity index (χ1v) is 7.32. The molecule has 1 amide bonds. The average Bonchev–Trinajstić information content (AvgIpc) is 2.96. The predicted octanol–water partition coefficient (Wildman–Crippen LogP) is 2.19. The number of fused-ring (bicyclic) bond motifs is 1. The summed E-state index contributed by atoms with van der Waals surface area (Å²) in [6.07, 6.45) is 6.12. The van der Waals surface area contributed by atoms with Crippen molar-refractivity contribution < 1.29 is 4.79 Å². The number of hydrogen-bond acceptors (Lipinski definition) is 2. The molecule has 3 rings (SSSR count). The molecule has 0 radical (unpaired) electrons. The van der Waals surface area contributed by atoms with Crippen molar-refractivity contribution in [3.63, 3.8) is 0 Å². The van der Waals surface area contributed by atoms with Gasteiger partial charge in [0.2, 0.25) is 5.91 Å². The molecule has 102 valence electrons. The molecule has 3 nitrogen and oxygen atoms in total. The van der Waals surface area contributed by atoms with Gasteiger partial charge in [-0.05, 0) is 36.1 Å². The number of primary amides is 1. The fraction of sp³-hybridized carbons (Fsp3) is 0.533. The molecular weight excluding hydrogens is 260 g/mol. The molecule has 1 aromatic carbocycles. The van der Waals surface area contributed by atoms with Crippen molar-refractivity contribution >= 4 is 17.5 Å². The van der Waals surface area contributed by atoms with E-state index in [4.69, 9.17) is 17.3 Å². The van der Waals surface area contributed by atoms with Crippen molar-refractivity contribution in [3.05, 3.63) is 34.3 Å². The minimum absolute atomic E-state index is 0.244. The maximum Gasteiger partial charge on any atom is 0.238 e. The van der Waals surface area contributed by atoms with Gasteiger partial charge in [-0.15, -0.1) is 0 Å². The molecule has 1 atom stereocenters. The highest BCUT2D eigenvalue weighted by Crippen LogP contribution is 2.33. The van der Waals surface area contributed by atoms with Gasteiger partial charge in [0.25, 0.3) is 0 Å². The number of carbonyl (C=O) groups is 1. The first-order valence-electron chi connectivity index (χ1n) is 6.94. The second-order valence-electron chi connectivity index (χ2n) is 5.84. The Hall–Kier alpha value is -1.06. The fourth-order valence-corrected chi connectivity index (χ4v) is 3.65. The Morgan fingerprint density at radius 3 is 2.63 bits per heavy atom. The molecule has 0 aromatic heterocycles. The predicted molar refractivity (Wildman–Crippen MR) is 76.2 cm³/mol. The van der Waals surface area contributed by atoms with E-state index in [1.807, 2.05) is 18.2 Å². The van der Waals surface area contributed by atoms with Crippen LogP contribution in [0.5, 0.6) is 0 Å². The third-order valence-corrected chi connectivity index (χ3v) is 4.70. The van der Waals surface area contributed by atoms with Gasteiger partial charge in [0, 0.05) is 23.9 Å². The van der Waals surface area contributed by atoms with Crippen LogP contribution in [0.15, 0.2) is 18.2 Å². The first-order chi connectivity index (χ1) is 9.09. The zero-order chi connectivity index (χ0) is 13.5. The van der Waals surface area contributed by atoms with Crippen LogP contribution in [0.1, 0.15) is 36.8 Å². The first kappa shape index (κ1) is 12.9. The van der Waals surface area contributed by atoms with Crippen LogP contribution in [-0.2, 0) is 17.6 Å². The Labute approximate surface area is 118 Å². The highest BCUT2D eigenvalue weighted by Gasteiger charge is 2.43. The Balaban J connectivity index is 1.86. The van der Waals surface area contributed by atoms with Crippen LogP contribution in [0.2, 0.25) is 5.02 Å². The highest BCUT2D eigenvalue weighted by atomic mass is 35.5. The van der Waals surface area contributed by atoms with Crippen LogP contribution in [-0.4, -0.2) is 17.5 Å². The molecule has 1 aromatic rings. The van der Waals surface area contributed by atoms with Crippen LogP contribution in [0.3, 0.4) is 0 Å². The van der Waals surface area contributed by atoms with E-state index in [9.17, 15) is 4.79 Å². The van der Waals surface area contributed by atoms with Crippen LogP contribution in [0, 0.1) is 0 Å². The van der Waals surface area contributed by atoms with Crippen molar-refractivity contribution in [1.82, 2.24) is 5.32 Å². The summed E-state index contributed by atoms with van der Waals surface area (Å²) >= 11 is 6.03. The molecule has 3 N–H and O–H groups in total. The summed E-state index contributed by atoms with van der Waals surface area (Å²) in [6.45, 7) is 0. The van der Waals surface area contributed by atoms with Crippen molar-refractivity contribution in [2.45, 2.75) is 50.1 Å². The van der Waals surface area contributed by atoms with Crippen molar-refractivity contribution in [2.24, 2.45) is 5.73 Å². The van der Waals surface area contributed by atoms with Gasteiger partial charge in [0.1, 0.15) is 5.54 Å². The third-order valence-electron chi connectivity index (χ3n) is 4.46. The topological polar surface area (TPSA) is 55.1 Å². The zero-order valence-electron chi connectivity index (χ0n) is 10.9. The van der Waals surface area contributed by atoms with E-state index < -0.39 is 5.54 Å². The van der Waals surface area contributed by atoms with E-state index in [-0.39, 0.29) is 5.91 Å². The largest absolute Gasteiger partial charge is 0.368 e. The maximum absolute atomic E-state index is 12.0. The SMILES string of the molecule is NC(=O)C1(NC2CCCC2)Cc2ccc(Cl)cc2C1. The van der Waals surface area contributed by atoms with Gasteiger partial charge < -0.3 is 5.73 Å². The number of rotatable bonds is 3. The van der Waals surface area contributed by atoms with E-state index in [0.717, 1.165) is 23.4 Å². The van der Waals surface area contributed by atoms with Crippen molar-refractivity contribution in [1.29, 1.82) is 0 Å². The van der Waals surface area contributed by atoms with E-state index >= 15 is 0 Å². The minimum Gasteiger partial charge on any atom is -0.368 e. The van der Waals surface area contributed by atoms with Crippen LogP contribution in [0.25, 0.3) is 0 Å². The maximum atomic E-state index is 12.0. The molecule has 0 saturated heterocycles. The molecule has 0 aliphatic heterocycles. The van der Waals surface area contributed by atoms with Gasteiger partial charge in [0.05, 0.1) is 0 Å². The summed E-state index contributed by atoms with van der Waals surface area (Å²) in [7, 11) is 0. The Kier molecular flexibility index (Phi) is 3.27. The molecule has 1 unspecified atom stereocenters. The fourth-order valence-electron chi connectivity index (χ4n) is 3.45. The van der Waals surface area contributed by atoms with E-state index in [1.54, 1.807) is 0 Å². The van der Waals surface area contributed by atoms with Gasteiger partial charge in [-0.25, -0.2) is 0 Å². The number of carbonyl (C=O) groups excluding carboxylic acids is 1. The molecule has 2 aliphatic carbocycles. The van der Waals surface area contributed by atoms with Gasteiger partial charge >= 0.3 is 0 Å². The Bertz CT molecular complexity index is 511. The molecular formula is C15H19ClN2O. The van der Waals surface area contributed by atoms with Crippen LogP contribution in [0.4, 0.5) is 0 Å². The lowest BCUT2D eigenvalue weighted by Crippen LogP contribution is -2.59. The van der Waals surface area contributed by atoms with E-state index in [0.29, 0.717) is 18.9 Å². The zero-order valence-corrected chi connectivity index (χ0v) is 11.7. The van der Waals surface area contributed by atoms with Crippen LogP contribution >= 0.6 is 11.6 Å². The number of amides is 1. The van der Waals surface area contributed by atoms with Crippen molar-refractivity contribution in [3.8, 4) is 0 Å². The second-order valence-corrected chi connectivity index (χ2v) is 6.28. The van der Waals surface area contributed by atoms with Gasteiger partial charge in [-0.3, -0.25) is 10.1 Å². The van der Waals surface area contributed by atoms with Crippen LogP contribution < -0.4 is 11.1 Å². The minimum atomic E-state index is -0.609. The lowest BCUT2D eigenvalue weighted by molar-refractivity contribution is -0.124. The summed E-state index contributed by atoms with van der Waals surface area (Å²) in [5.74, 6) is -0.244. The lowest BCUT2D eigenvalue weighted by atomic mass is 9.93. The lowest BCUT2D eigenvalue weighted by Gasteiger charge is -2.30. The molecule has 1 fully saturated rings. The quantitative estimate of drug-likeness (QED) is 0.891. The summed E-state index contributed by atoms with van der Waals surface area (Å²) in [6, 6.07) is 6.28. The molecule has 1 saturated carbocycles. The van der Waals surface area contributed by atoms with Gasteiger partial charge in [-0.2, -0.15) is 0 Å². The Morgan fingerprint density at radius 1 is 1.26 bits per heavy atom. The normalized spacial score (nSPS) is 26.6. The smallest absolute Gasteiger partial charge is 0.238 e. The molecule has 19 heavy (non-hydrogen) atoms. The summed E-state index contributed by atoms with van der Waals surface area (Å²) < 4.78 is 0. The monoisotopic (exact) mass is 278 g/mol. The van der Waals surface area contributed by atoms with E-state index in [1.165, 1.54) is 18.4 Å². The number of benzene rings is 1. The average molecular weight is 279 g/mol. The number of nitrogens with one attached hydrogen (secondary N) is 1.